The van der Waals surface area contributed by atoms with Gasteiger partial charge in [0.1, 0.15) is 5.75 Å². The van der Waals surface area contributed by atoms with E-state index in [2.05, 4.69) is 5.32 Å². The van der Waals surface area contributed by atoms with Crippen LogP contribution in [-0.4, -0.2) is 36.9 Å². The van der Waals surface area contributed by atoms with E-state index in [-0.39, 0.29) is 25.0 Å². The third-order valence-corrected chi connectivity index (χ3v) is 3.69. The summed E-state index contributed by atoms with van der Waals surface area (Å²) in [4.78, 5) is 25.2. The molecule has 0 unspecified atom stereocenters. The largest absolute Gasteiger partial charge is 0.482 e. The Labute approximate surface area is 150 Å². The van der Waals surface area contributed by atoms with E-state index in [0.29, 0.717) is 21.5 Å². The maximum atomic E-state index is 12.0. The predicted molar refractivity (Wildman–Crippen MR) is 94.7 cm³/mol. The molecule has 0 heterocycles. The Bertz CT molecular complexity index is 720. The molecule has 2 amide bonds. The van der Waals surface area contributed by atoms with Gasteiger partial charge in [-0.1, -0.05) is 35.3 Å². The Morgan fingerprint density at radius 2 is 1.75 bits per heavy atom. The molecule has 2 aromatic carbocycles. The van der Waals surface area contributed by atoms with Crippen molar-refractivity contribution in [3.05, 3.63) is 58.6 Å². The third-order valence-electron chi connectivity index (χ3n) is 3.12. The van der Waals surface area contributed by atoms with Crippen LogP contribution in [0, 0.1) is 0 Å². The maximum Gasteiger partial charge on any atom is 0.260 e. The highest BCUT2D eigenvalue weighted by Gasteiger charge is 2.14. The summed E-state index contributed by atoms with van der Waals surface area (Å²) in [5, 5.41) is 3.69. The number of anilines is 1. The zero-order valence-corrected chi connectivity index (χ0v) is 14.5. The van der Waals surface area contributed by atoms with E-state index in [9.17, 15) is 9.59 Å². The summed E-state index contributed by atoms with van der Waals surface area (Å²) < 4.78 is 5.36. The van der Waals surface area contributed by atoms with E-state index in [1.165, 1.54) is 11.9 Å². The summed E-state index contributed by atoms with van der Waals surface area (Å²) in [6.45, 7) is -0.290. The minimum atomic E-state index is -0.332. The van der Waals surface area contributed by atoms with Gasteiger partial charge in [-0.25, -0.2) is 0 Å². The first kappa shape index (κ1) is 18.1. The van der Waals surface area contributed by atoms with Crippen molar-refractivity contribution in [3.63, 3.8) is 0 Å². The van der Waals surface area contributed by atoms with Gasteiger partial charge in [0, 0.05) is 17.8 Å². The second kappa shape index (κ2) is 8.57. The van der Waals surface area contributed by atoms with Gasteiger partial charge in [0.25, 0.3) is 5.91 Å². The molecule has 0 spiro atoms. The fourth-order valence-electron chi connectivity index (χ4n) is 1.85. The van der Waals surface area contributed by atoms with Crippen LogP contribution >= 0.6 is 23.2 Å². The van der Waals surface area contributed by atoms with Gasteiger partial charge in [-0.3, -0.25) is 9.59 Å². The first-order chi connectivity index (χ1) is 11.5. The number of nitrogens with zero attached hydrogens (tertiary/aromatic N) is 1. The van der Waals surface area contributed by atoms with Gasteiger partial charge in [-0.15, -0.1) is 0 Å². The first-order valence-corrected chi connectivity index (χ1v) is 7.88. The fourth-order valence-corrected chi connectivity index (χ4v) is 2.17. The molecule has 0 aliphatic rings. The molecule has 0 aromatic heterocycles. The molecule has 0 aliphatic heterocycles. The van der Waals surface area contributed by atoms with Crippen LogP contribution in [0.4, 0.5) is 5.69 Å². The third kappa shape index (κ3) is 5.44. The summed E-state index contributed by atoms with van der Waals surface area (Å²) in [7, 11) is 1.53. The fraction of sp³-hybridized carbons (Fsp3) is 0.176. The number of carbonyl (C=O) groups excluding carboxylic acids is 2. The molecule has 0 saturated carbocycles. The number of amides is 2. The van der Waals surface area contributed by atoms with Crippen LogP contribution in [0.1, 0.15) is 0 Å². The smallest absolute Gasteiger partial charge is 0.260 e. The Morgan fingerprint density at radius 1 is 1.08 bits per heavy atom. The first-order valence-electron chi connectivity index (χ1n) is 7.12. The maximum absolute atomic E-state index is 12.0. The van der Waals surface area contributed by atoms with E-state index < -0.39 is 0 Å². The number of para-hydroxylation sites is 1. The van der Waals surface area contributed by atoms with Crippen molar-refractivity contribution in [2.75, 3.05) is 25.5 Å². The number of likely N-dealkylation sites (N-methyl/N-ethyl adjacent to an activating group) is 1. The van der Waals surface area contributed by atoms with Crippen LogP contribution in [-0.2, 0) is 9.59 Å². The molecule has 0 radical (unpaired) electrons. The van der Waals surface area contributed by atoms with E-state index in [1.807, 2.05) is 0 Å². The van der Waals surface area contributed by atoms with Gasteiger partial charge in [-0.05, 0) is 36.4 Å². The SMILES string of the molecule is CN(CC(=O)Nc1ccc(Cl)cc1)C(=O)COc1ccccc1Cl. The molecule has 2 aromatic rings. The summed E-state index contributed by atoms with van der Waals surface area (Å²) >= 11 is 11.7. The van der Waals surface area contributed by atoms with Crippen LogP contribution in [0.25, 0.3) is 0 Å². The monoisotopic (exact) mass is 366 g/mol. The van der Waals surface area contributed by atoms with Gasteiger partial charge in [0.05, 0.1) is 11.6 Å². The molecule has 1 N–H and O–H groups in total. The van der Waals surface area contributed by atoms with E-state index >= 15 is 0 Å². The lowest BCUT2D eigenvalue weighted by Crippen LogP contribution is -2.37. The highest BCUT2D eigenvalue weighted by atomic mass is 35.5. The number of carbonyl (C=O) groups is 2. The molecule has 7 heteroatoms. The van der Waals surface area contributed by atoms with E-state index in [4.69, 9.17) is 27.9 Å². The molecule has 0 fully saturated rings. The minimum Gasteiger partial charge on any atom is -0.482 e. The standard InChI is InChI=1S/C17H16Cl2N2O3/c1-21(10-16(22)20-13-8-6-12(18)7-9-13)17(23)11-24-15-5-3-2-4-14(15)19/h2-9H,10-11H2,1H3,(H,20,22). The van der Waals surface area contributed by atoms with Crippen LogP contribution in [0.5, 0.6) is 5.75 Å². The number of ether oxygens (including phenoxy) is 1. The number of hydrogen-bond donors (Lipinski definition) is 1. The zero-order valence-electron chi connectivity index (χ0n) is 13.0. The van der Waals surface area contributed by atoms with Crippen molar-refractivity contribution < 1.29 is 14.3 Å². The van der Waals surface area contributed by atoms with Crippen molar-refractivity contribution in [3.8, 4) is 5.75 Å². The van der Waals surface area contributed by atoms with Crippen molar-refractivity contribution >= 4 is 40.7 Å². The molecule has 126 valence electrons. The van der Waals surface area contributed by atoms with Gasteiger partial charge < -0.3 is 15.0 Å². The average Bonchev–Trinajstić information content (AvgIpc) is 2.56. The van der Waals surface area contributed by atoms with Crippen LogP contribution in [0.15, 0.2) is 48.5 Å². The second-order valence-electron chi connectivity index (χ2n) is 5.02. The Kier molecular flexibility index (Phi) is 6.46. The van der Waals surface area contributed by atoms with E-state index in [1.54, 1.807) is 48.5 Å². The predicted octanol–water partition coefficient (Wildman–Crippen LogP) is 3.47. The van der Waals surface area contributed by atoms with Crippen LogP contribution < -0.4 is 10.1 Å². The molecule has 2 rings (SSSR count). The van der Waals surface area contributed by atoms with Crippen molar-refractivity contribution in [2.45, 2.75) is 0 Å². The topological polar surface area (TPSA) is 58.6 Å². The summed E-state index contributed by atoms with van der Waals surface area (Å²) in [5.41, 5.74) is 0.609. The lowest BCUT2D eigenvalue weighted by Gasteiger charge is -2.17. The summed E-state index contributed by atoms with van der Waals surface area (Å²) in [5.74, 6) is -0.223. The van der Waals surface area contributed by atoms with Gasteiger partial charge in [-0.2, -0.15) is 0 Å². The molecule has 0 aliphatic carbocycles. The molecular formula is C17H16Cl2N2O3. The van der Waals surface area contributed by atoms with Gasteiger partial charge in [0.2, 0.25) is 5.91 Å². The summed E-state index contributed by atoms with van der Waals surface area (Å²) in [6.07, 6.45) is 0. The normalized spacial score (nSPS) is 10.1. The lowest BCUT2D eigenvalue weighted by atomic mass is 10.3. The van der Waals surface area contributed by atoms with Crippen molar-refractivity contribution in [1.82, 2.24) is 4.90 Å². The molecule has 24 heavy (non-hydrogen) atoms. The molecule has 0 atom stereocenters. The highest BCUT2D eigenvalue weighted by molar-refractivity contribution is 6.32. The Balaban J connectivity index is 1.81. The van der Waals surface area contributed by atoms with Gasteiger partial charge >= 0.3 is 0 Å². The number of nitrogens with one attached hydrogen (secondary N) is 1. The highest BCUT2D eigenvalue weighted by Crippen LogP contribution is 2.22. The number of halogens is 2. The van der Waals surface area contributed by atoms with Crippen LogP contribution in [0.3, 0.4) is 0 Å². The van der Waals surface area contributed by atoms with Crippen molar-refractivity contribution in [1.29, 1.82) is 0 Å². The number of hydrogen-bond acceptors (Lipinski definition) is 3. The average molecular weight is 367 g/mol. The molecule has 5 nitrogen and oxygen atoms in total. The number of benzene rings is 2. The van der Waals surface area contributed by atoms with Crippen molar-refractivity contribution in [2.24, 2.45) is 0 Å². The van der Waals surface area contributed by atoms with E-state index in [0.717, 1.165) is 0 Å². The second-order valence-corrected chi connectivity index (χ2v) is 5.87. The zero-order chi connectivity index (χ0) is 17.5. The number of rotatable bonds is 6. The molecule has 0 saturated heterocycles. The molecule has 0 bridgehead atoms. The minimum absolute atomic E-state index is 0.0899. The lowest BCUT2D eigenvalue weighted by molar-refractivity contribution is -0.135. The Hall–Kier alpha value is -2.24. The summed E-state index contributed by atoms with van der Waals surface area (Å²) in [6, 6.07) is 13.6. The Morgan fingerprint density at radius 3 is 2.42 bits per heavy atom. The van der Waals surface area contributed by atoms with Gasteiger partial charge in [0.15, 0.2) is 6.61 Å². The molecular weight excluding hydrogens is 351 g/mol. The van der Waals surface area contributed by atoms with Crippen LogP contribution in [0.2, 0.25) is 10.0 Å². The quantitative estimate of drug-likeness (QED) is 0.851.